The molecule has 0 radical (unpaired) electrons. The van der Waals surface area contributed by atoms with Gasteiger partial charge in [0.1, 0.15) is 22.8 Å². The normalized spacial score (nSPS) is 29.7. The van der Waals surface area contributed by atoms with Gasteiger partial charge in [0.05, 0.1) is 20.5 Å². The summed E-state index contributed by atoms with van der Waals surface area (Å²) in [6.07, 6.45) is 0. The highest BCUT2D eigenvalue weighted by atomic mass is 79.9. The topological polar surface area (TPSA) is 107 Å². The van der Waals surface area contributed by atoms with Gasteiger partial charge in [-0.25, -0.2) is 4.79 Å². The van der Waals surface area contributed by atoms with Crippen LogP contribution in [-0.4, -0.2) is 46.9 Å². The van der Waals surface area contributed by atoms with Gasteiger partial charge in [-0.05, 0) is 31.5 Å². The minimum absolute atomic E-state index is 0.0558. The first-order chi connectivity index (χ1) is 11.7. The Kier molecular flexibility index (Phi) is 4.44. The number of hydrogen-bond donors (Lipinski definition) is 0. The Bertz CT molecular complexity index is 781. The third-order valence-electron chi connectivity index (χ3n) is 4.44. The fourth-order valence-electron chi connectivity index (χ4n) is 3.04. The van der Waals surface area contributed by atoms with Crippen molar-refractivity contribution in [3.05, 3.63) is 39.9 Å². The molecule has 0 spiro atoms. The molecular weight excluding hydrogens is 416 g/mol. The molecule has 3 rings (SSSR count). The van der Waals surface area contributed by atoms with Crippen LogP contribution in [0.3, 0.4) is 0 Å². The number of ether oxygens (including phenoxy) is 1. The Balaban J connectivity index is 1.71. The molecular formula is C15H15BrN2O6S. The van der Waals surface area contributed by atoms with Crippen molar-refractivity contribution in [3.63, 3.8) is 0 Å². The third-order valence-corrected chi connectivity index (χ3v) is 7.88. The van der Waals surface area contributed by atoms with Crippen molar-refractivity contribution in [3.8, 4) is 0 Å². The lowest BCUT2D eigenvalue weighted by Crippen LogP contribution is -2.64. The van der Waals surface area contributed by atoms with E-state index in [-0.39, 0.29) is 18.2 Å². The number of carbonyl (C=O) groups is 2. The van der Waals surface area contributed by atoms with Crippen LogP contribution in [0.1, 0.15) is 19.4 Å². The van der Waals surface area contributed by atoms with Crippen LogP contribution in [0.15, 0.2) is 24.3 Å². The molecule has 1 aromatic carbocycles. The summed E-state index contributed by atoms with van der Waals surface area (Å²) in [5, 5.41) is 10.1. The number of halogens is 1. The zero-order valence-corrected chi connectivity index (χ0v) is 15.8. The number of nitro benzene ring substituents is 1. The lowest BCUT2D eigenvalue weighted by Gasteiger charge is -2.40. The first-order valence-electron chi connectivity index (χ1n) is 7.43. The Morgan fingerprint density at radius 1 is 1.40 bits per heavy atom. The van der Waals surface area contributed by atoms with E-state index in [0.29, 0.717) is 5.56 Å². The molecule has 2 fully saturated rings. The number of non-ortho nitro benzene ring substituents is 1. The van der Waals surface area contributed by atoms with E-state index in [9.17, 15) is 23.9 Å². The Morgan fingerprint density at radius 3 is 2.56 bits per heavy atom. The van der Waals surface area contributed by atoms with Crippen molar-refractivity contribution in [1.82, 2.24) is 4.90 Å². The molecule has 0 aromatic heterocycles. The number of hydrogen-bond acceptors (Lipinski definition) is 6. The Labute approximate surface area is 154 Å². The van der Waals surface area contributed by atoms with E-state index >= 15 is 0 Å². The number of rotatable bonds is 4. The maximum Gasteiger partial charge on any atom is 0.330 e. The van der Waals surface area contributed by atoms with E-state index < -0.39 is 42.7 Å². The zero-order valence-electron chi connectivity index (χ0n) is 13.4. The van der Waals surface area contributed by atoms with Gasteiger partial charge in [0, 0.05) is 12.1 Å². The number of amides is 1. The second-order valence-electron chi connectivity index (χ2n) is 6.37. The summed E-state index contributed by atoms with van der Waals surface area (Å²) in [5.41, 5.74) is 0.528. The second-order valence-corrected chi connectivity index (χ2v) is 9.49. The molecule has 2 aliphatic heterocycles. The fourth-order valence-corrected chi connectivity index (χ4v) is 5.93. The summed E-state index contributed by atoms with van der Waals surface area (Å²) < 4.78 is 16.9. The van der Waals surface area contributed by atoms with E-state index in [1.54, 1.807) is 13.8 Å². The molecule has 0 N–H and O–H groups in total. The van der Waals surface area contributed by atoms with Gasteiger partial charge in [0.2, 0.25) is 5.91 Å². The predicted octanol–water partition coefficient (Wildman–Crippen LogP) is 1.48. The average Bonchev–Trinajstić information content (AvgIpc) is 2.77. The first-order valence-corrected chi connectivity index (χ1v) is 9.56. The minimum atomic E-state index is -1.40. The van der Waals surface area contributed by atoms with Gasteiger partial charge in [-0.2, -0.15) is 0 Å². The molecule has 134 valence electrons. The standard InChI is InChI=1S/C15H15BrN2O6S/c1-15(2)11(17-12(19)10(16)13(17)25(15)23)14(20)24-7-8-3-5-9(6-4-8)18(21)22/h3-6,10-11,13H,7H2,1-2H3/t10?,11?,13-,25?/m1/s1. The van der Waals surface area contributed by atoms with Crippen molar-refractivity contribution in [1.29, 1.82) is 0 Å². The summed E-state index contributed by atoms with van der Waals surface area (Å²) in [5.74, 6) is -0.909. The van der Waals surface area contributed by atoms with Crippen molar-refractivity contribution in [2.45, 2.75) is 41.4 Å². The molecule has 8 nitrogen and oxygen atoms in total. The SMILES string of the molecule is CC1(C)C(C(=O)OCc2ccc([N+](=O)[O-])cc2)N2C(=O)C(Br)[C@H]2S1=O. The Morgan fingerprint density at radius 2 is 2.00 bits per heavy atom. The smallest absolute Gasteiger partial charge is 0.330 e. The minimum Gasteiger partial charge on any atom is -0.459 e. The van der Waals surface area contributed by atoms with E-state index in [4.69, 9.17) is 4.74 Å². The highest BCUT2D eigenvalue weighted by Gasteiger charge is 2.67. The molecule has 2 heterocycles. The highest BCUT2D eigenvalue weighted by Crippen LogP contribution is 2.46. The molecule has 0 bridgehead atoms. The van der Waals surface area contributed by atoms with E-state index in [1.165, 1.54) is 29.2 Å². The van der Waals surface area contributed by atoms with Gasteiger partial charge in [0.25, 0.3) is 5.69 Å². The average molecular weight is 431 g/mol. The van der Waals surface area contributed by atoms with Crippen LogP contribution in [0.25, 0.3) is 0 Å². The molecule has 0 aliphatic carbocycles. The van der Waals surface area contributed by atoms with E-state index in [0.717, 1.165) is 0 Å². The van der Waals surface area contributed by atoms with Gasteiger partial charge in [-0.1, -0.05) is 15.9 Å². The Hall–Kier alpha value is -1.81. The van der Waals surface area contributed by atoms with Crippen molar-refractivity contribution >= 4 is 44.3 Å². The van der Waals surface area contributed by atoms with Crippen LogP contribution >= 0.6 is 15.9 Å². The number of β-lactam (4-membered cyclic amide) rings is 1. The molecule has 2 aliphatic rings. The van der Waals surface area contributed by atoms with Gasteiger partial charge >= 0.3 is 5.97 Å². The van der Waals surface area contributed by atoms with Gasteiger partial charge in [-0.15, -0.1) is 0 Å². The van der Waals surface area contributed by atoms with Crippen molar-refractivity contribution in [2.24, 2.45) is 0 Å². The molecule has 10 heteroatoms. The number of alkyl halides is 1. The molecule has 1 aromatic rings. The second kappa shape index (κ2) is 6.17. The number of benzene rings is 1. The summed E-state index contributed by atoms with van der Waals surface area (Å²) in [6, 6.07) is 4.72. The van der Waals surface area contributed by atoms with E-state index in [1.807, 2.05) is 0 Å². The van der Waals surface area contributed by atoms with Crippen molar-refractivity contribution < 1.29 is 23.5 Å². The van der Waals surface area contributed by atoms with Crippen LogP contribution in [0.4, 0.5) is 5.69 Å². The summed E-state index contributed by atoms with van der Waals surface area (Å²) in [7, 11) is -1.40. The van der Waals surface area contributed by atoms with Crippen LogP contribution < -0.4 is 0 Å². The third kappa shape index (κ3) is 2.77. The number of fused-ring (bicyclic) bond motifs is 1. The molecule has 0 saturated carbocycles. The van der Waals surface area contributed by atoms with Crippen LogP contribution in [0.2, 0.25) is 0 Å². The fraction of sp³-hybridized carbons (Fsp3) is 0.467. The monoisotopic (exact) mass is 430 g/mol. The molecule has 2 saturated heterocycles. The predicted molar refractivity (Wildman–Crippen MR) is 92.3 cm³/mol. The highest BCUT2D eigenvalue weighted by molar-refractivity contribution is 9.10. The van der Waals surface area contributed by atoms with Crippen LogP contribution in [0.5, 0.6) is 0 Å². The van der Waals surface area contributed by atoms with Crippen LogP contribution in [0, 0.1) is 10.1 Å². The number of nitrogens with zero attached hydrogens (tertiary/aromatic N) is 2. The number of esters is 1. The van der Waals surface area contributed by atoms with Gasteiger partial charge in [0.15, 0.2) is 0 Å². The van der Waals surface area contributed by atoms with E-state index in [2.05, 4.69) is 15.9 Å². The molecule has 25 heavy (non-hydrogen) atoms. The maximum absolute atomic E-state index is 12.6. The summed E-state index contributed by atoms with van der Waals surface area (Å²) in [4.78, 5) is 35.5. The molecule has 4 atom stereocenters. The molecule has 1 amide bonds. The van der Waals surface area contributed by atoms with Crippen molar-refractivity contribution in [2.75, 3.05) is 0 Å². The van der Waals surface area contributed by atoms with Gasteiger partial charge < -0.3 is 9.64 Å². The quantitative estimate of drug-likeness (QED) is 0.235. The lowest BCUT2D eigenvalue weighted by atomic mass is 9.98. The number of nitro groups is 1. The maximum atomic E-state index is 12.6. The largest absolute Gasteiger partial charge is 0.459 e. The van der Waals surface area contributed by atoms with Gasteiger partial charge in [-0.3, -0.25) is 19.1 Å². The molecule has 3 unspecified atom stereocenters. The summed E-state index contributed by atoms with van der Waals surface area (Å²) >= 11 is 3.20. The van der Waals surface area contributed by atoms with Crippen LogP contribution in [-0.2, 0) is 31.7 Å². The zero-order chi connectivity index (χ0) is 18.5. The first kappa shape index (κ1) is 18.0. The summed E-state index contributed by atoms with van der Waals surface area (Å²) in [6.45, 7) is 3.26. The number of carbonyl (C=O) groups excluding carboxylic acids is 2. The lowest BCUT2D eigenvalue weighted by molar-refractivity contribution is -0.384.